The molecule has 8 nitrogen and oxygen atoms in total. The van der Waals surface area contributed by atoms with Crippen LogP contribution in [0.15, 0.2) is 30.7 Å². The maximum absolute atomic E-state index is 14.4. The zero-order valence-electron chi connectivity index (χ0n) is 15.3. The van der Waals surface area contributed by atoms with E-state index >= 15 is 0 Å². The molecule has 0 spiro atoms. The monoisotopic (exact) mass is 389 g/mol. The van der Waals surface area contributed by atoms with Gasteiger partial charge in [-0.1, -0.05) is 0 Å². The number of pyridine rings is 1. The van der Waals surface area contributed by atoms with E-state index in [0.29, 0.717) is 22.7 Å². The summed E-state index contributed by atoms with van der Waals surface area (Å²) in [4.78, 5) is 10.4. The van der Waals surface area contributed by atoms with Gasteiger partial charge in [0.2, 0.25) is 5.88 Å². The van der Waals surface area contributed by atoms with Crippen molar-refractivity contribution >= 4 is 17.2 Å². The molecule has 3 aromatic heterocycles. The van der Waals surface area contributed by atoms with Crippen LogP contribution in [0.2, 0.25) is 0 Å². The minimum absolute atomic E-state index is 0.115. The third-order valence-corrected chi connectivity index (χ3v) is 4.78. The van der Waals surface area contributed by atoms with E-state index in [1.54, 1.807) is 24.1 Å². The summed E-state index contributed by atoms with van der Waals surface area (Å²) >= 11 is 0. The first-order chi connectivity index (χ1) is 13.5. The zero-order chi connectivity index (χ0) is 19.8. The predicted octanol–water partition coefficient (Wildman–Crippen LogP) is 1.86. The molecule has 4 N–H and O–H groups in total. The van der Waals surface area contributed by atoms with Crippen LogP contribution >= 0.6 is 0 Å². The van der Waals surface area contributed by atoms with E-state index in [1.165, 1.54) is 16.8 Å². The fourth-order valence-electron chi connectivity index (χ4n) is 3.39. The van der Waals surface area contributed by atoms with Crippen molar-refractivity contribution in [2.45, 2.75) is 31.7 Å². The molecule has 3 atom stereocenters. The van der Waals surface area contributed by atoms with Crippen LogP contribution in [0.4, 0.5) is 20.3 Å². The number of rotatable bonds is 5. The molecule has 0 saturated carbocycles. The van der Waals surface area contributed by atoms with Crippen molar-refractivity contribution in [2.75, 3.05) is 23.7 Å². The number of ether oxygens (including phenoxy) is 1. The molecule has 28 heavy (non-hydrogen) atoms. The van der Waals surface area contributed by atoms with E-state index < -0.39 is 18.0 Å². The average molecular weight is 389 g/mol. The SMILES string of the molecule is CC(CN)Oc1ncc(F)cc1[C@H]1C[C@H](F)CN1c1ccn2ncc(N)c2n1. The molecule has 1 aliphatic heterocycles. The topological polar surface area (TPSA) is 108 Å². The van der Waals surface area contributed by atoms with Gasteiger partial charge in [-0.05, 0) is 19.1 Å². The van der Waals surface area contributed by atoms with Gasteiger partial charge in [0.15, 0.2) is 5.65 Å². The Balaban J connectivity index is 1.75. The lowest BCUT2D eigenvalue weighted by Gasteiger charge is -2.27. The number of anilines is 2. The highest BCUT2D eigenvalue weighted by Crippen LogP contribution is 2.40. The number of nitrogens with zero attached hydrogens (tertiary/aromatic N) is 5. The molecule has 4 heterocycles. The van der Waals surface area contributed by atoms with E-state index in [4.69, 9.17) is 16.2 Å². The summed E-state index contributed by atoms with van der Waals surface area (Å²) in [5.41, 5.74) is 12.9. The highest BCUT2D eigenvalue weighted by molar-refractivity contribution is 5.65. The first-order valence-corrected chi connectivity index (χ1v) is 8.99. The minimum Gasteiger partial charge on any atom is -0.473 e. The Hall–Kier alpha value is -3.01. The number of fused-ring (bicyclic) bond motifs is 1. The van der Waals surface area contributed by atoms with Gasteiger partial charge in [-0.2, -0.15) is 5.10 Å². The van der Waals surface area contributed by atoms with E-state index in [-0.39, 0.29) is 31.5 Å². The Labute approximate surface area is 160 Å². The molecule has 10 heteroatoms. The van der Waals surface area contributed by atoms with E-state index in [0.717, 1.165) is 6.20 Å². The maximum Gasteiger partial charge on any atom is 0.219 e. The Bertz CT molecular complexity index is 995. The number of nitrogens with two attached hydrogens (primary N) is 2. The largest absolute Gasteiger partial charge is 0.473 e. The normalized spacial score (nSPS) is 20.6. The molecule has 4 rings (SSSR count). The van der Waals surface area contributed by atoms with Crippen LogP contribution in [0.3, 0.4) is 0 Å². The van der Waals surface area contributed by atoms with Crippen molar-refractivity contribution in [3.8, 4) is 5.88 Å². The van der Waals surface area contributed by atoms with Crippen LogP contribution in [0.25, 0.3) is 5.65 Å². The summed E-state index contributed by atoms with van der Waals surface area (Å²) in [5.74, 6) is 0.244. The number of alkyl halides is 1. The molecular formula is C18H21F2N7O. The molecule has 1 unspecified atom stereocenters. The number of halogens is 2. The van der Waals surface area contributed by atoms with Crippen LogP contribution in [0.1, 0.15) is 24.9 Å². The third kappa shape index (κ3) is 3.31. The van der Waals surface area contributed by atoms with Crippen LogP contribution in [0.5, 0.6) is 5.88 Å². The van der Waals surface area contributed by atoms with Gasteiger partial charge in [0.05, 0.1) is 30.7 Å². The quantitative estimate of drug-likeness (QED) is 0.686. The zero-order valence-corrected chi connectivity index (χ0v) is 15.3. The summed E-state index contributed by atoms with van der Waals surface area (Å²) in [5, 5.41) is 4.09. The molecule has 0 aliphatic carbocycles. The van der Waals surface area contributed by atoms with Crippen molar-refractivity contribution < 1.29 is 13.5 Å². The van der Waals surface area contributed by atoms with Crippen molar-refractivity contribution in [3.05, 3.63) is 42.1 Å². The number of hydrogen-bond acceptors (Lipinski definition) is 7. The molecule has 1 saturated heterocycles. The molecular weight excluding hydrogens is 368 g/mol. The van der Waals surface area contributed by atoms with Gasteiger partial charge < -0.3 is 21.1 Å². The van der Waals surface area contributed by atoms with Crippen molar-refractivity contribution in [1.29, 1.82) is 0 Å². The Kier molecular flexibility index (Phi) is 4.71. The summed E-state index contributed by atoms with van der Waals surface area (Å²) in [6.07, 6.45) is 3.03. The number of aromatic nitrogens is 4. The van der Waals surface area contributed by atoms with Crippen LogP contribution in [-0.2, 0) is 0 Å². The molecule has 1 aliphatic rings. The molecule has 0 amide bonds. The number of hydrogen-bond donors (Lipinski definition) is 2. The van der Waals surface area contributed by atoms with Gasteiger partial charge in [0.25, 0.3) is 0 Å². The summed E-state index contributed by atoms with van der Waals surface area (Å²) < 4.78 is 35.7. The standard InChI is InChI=1S/C18H21F2N7O/c1-10(6-21)28-18-13(4-11(19)7-23-18)15-5-12(20)9-26(15)16-2-3-27-17(25-16)14(22)8-24-27/h2-4,7-8,10,12,15H,5-6,9,21-22H2,1H3/t10?,12-,15+/m0/s1. The molecule has 3 aromatic rings. The van der Waals surface area contributed by atoms with Crippen molar-refractivity contribution in [2.24, 2.45) is 5.73 Å². The second-order valence-electron chi connectivity index (χ2n) is 6.87. The van der Waals surface area contributed by atoms with Crippen molar-refractivity contribution in [3.63, 3.8) is 0 Å². The fraction of sp³-hybridized carbons (Fsp3) is 0.389. The summed E-state index contributed by atoms with van der Waals surface area (Å²) in [7, 11) is 0. The minimum atomic E-state index is -1.10. The lowest BCUT2D eigenvalue weighted by atomic mass is 10.1. The van der Waals surface area contributed by atoms with Crippen molar-refractivity contribution in [1.82, 2.24) is 19.6 Å². The van der Waals surface area contributed by atoms with Crippen LogP contribution in [-0.4, -0.2) is 44.9 Å². The van der Waals surface area contributed by atoms with Crippen LogP contribution < -0.4 is 21.1 Å². The predicted molar refractivity (Wildman–Crippen MR) is 100 cm³/mol. The smallest absolute Gasteiger partial charge is 0.219 e. The molecule has 0 radical (unpaired) electrons. The third-order valence-electron chi connectivity index (χ3n) is 4.78. The number of nitrogen functional groups attached to an aromatic ring is 1. The summed E-state index contributed by atoms with van der Waals surface area (Å²) in [6, 6.07) is 2.56. The van der Waals surface area contributed by atoms with Gasteiger partial charge in [-0.25, -0.2) is 23.3 Å². The Morgan fingerprint density at radius 1 is 1.39 bits per heavy atom. The average Bonchev–Trinajstić information content (AvgIpc) is 3.25. The maximum atomic E-state index is 14.4. The molecule has 0 aromatic carbocycles. The van der Waals surface area contributed by atoms with Gasteiger partial charge in [-0.3, -0.25) is 0 Å². The van der Waals surface area contributed by atoms with E-state index in [1.807, 2.05) is 0 Å². The summed E-state index contributed by atoms with van der Waals surface area (Å²) in [6.45, 7) is 2.18. The Morgan fingerprint density at radius 3 is 3.00 bits per heavy atom. The van der Waals surface area contributed by atoms with Crippen LogP contribution in [0, 0.1) is 5.82 Å². The highest BCUT2D eigenvalue weighted by Gasteiger charge is 2.37. The van der Waals surface area contributed by atoms with Gasteiger partial charge >= 0.3 is 0 Å². The fourth-order valence-corrected chi connectivity index (χ4v) is 3.39. The highest BCUT2D eigenvalue weighted by atomic mass is 19.1. The second-order valence-corrected chi connectivity index (χ2v) is 6.87. The lowest BCUT2D eigenvalue weighted by molar-refractivity contribution is 0.216. The molecule has 1 fully saturated rings. The first kappa shape index (κ1) is 18.4. The Morgan fingerprint density at radius 2 is 2.21 bits per heavy atom. The van der Waals surface area contributed by atoms with Gasteiger partial charge in [-0.15, -0.1) is 0 Å². The first-order valence-electron chi connectivity index (χ1n) is 8.99. The van der Waals surface area contributed by atoms with Gasteiger partial charge in [0, 0.05) is 24.7 Å². The lowest BCUT2D eigenvalue weighted by Crippen LogP contribution is -2.27. The van der Waals surface area contributed by atoms with E-state index in [9.17, 15) is 8.78 Å². The van der Waals surface area contributed by atoms with E-state index in [2.05, 4.69) is 15.1 Å². The molecule has 0 bridgehead atoms. The molecule has 148 valence electrons. The second kappa shape index (κ2) is 7.19. The van der Waals surface area contributed by atoms with Gasteiger partial charge in [0.1, 0.15) is 23.9 Å².